The van der Waals surface area contributed by atoms with Crippen molar-refractivity contribution in [1.29, 1.82) is 0 Å². The predicted molar refractivity (Wildman–Crippen MR) is 76.6 cm³/mol. The van der Waals surface area contributed by atoms with Gasteiger partial charge in [0.2, 0.25) is 11.1 Å². The van der Waals surface area contributed by atoms with E-state index in [9.17, 15) is 19.5 Å². The van der Waals surface area contributed by atoms with Gasteiger partial charge < -0.3 is 19.7 Å². The number of aryl methyl sites for hydroxylation is 1. The largest absolute Gasteiger partial charge is 1.00 e. The molecule has 0 saturated carbocycles. The minimum Gasteiger partial charge on any atom is -0.543 e. The van der Waals surface area contributed by atoms with Crippen LogP contribution in [0.1, 0.15) is 13.3 Å². The Labute approximate surface area is 168 Å². The summed E-state index contributed by atoms with van der Waals surface area (Å²) in [5.41, 5.74) is -0.121. The van der Waals surface area contributed by atoms with Gasteiger partial charge >= 0.3 is 29.6 Å². The summed E-state index contributed by atoms with van der Waals surface area (Å²) < 4.78 is 1.43. The molecule has 3 atom stereocenters. The molecular weight excluding hydrogens is 359 g/mol. The van der Waals surface area contributed by atoms with Crippen LogP contribution >= 0.6 is 11.8 Å². The smallest absolute Gasteiger partial charge is 0.543 e. The second-order valence-corrected chi connectivity index (χ2v) is 6.95. The molecule has 1 aromatic rings. The number of carboxylic acids is 1. The molecule has 1 unspecified atom stereocenters. The number of piperidine rings is 1. The molecule has 0 N–H and O–H groups in total. The third-order valence-electron chi connectivity index (χ3n) is 4.73. The first-order valence-electron chi connectivity index (χ1n) is 7.37. The van der Waals surface area contributed by atoms with E-state index in [-0.39, 0.29) is 59.0 Å². The Bertz CT molecular complexity index is 810. The Kier molecular flexibility index (Phi) is 4.69. The SMILES string of the molecule is CC(=O)N1CCC2C(Sc3nnnn3C)=C(C(=O)[O-])N3C(=O)[C@@H]1[C@@H]23.[Na+]. The van der Waals surface area contributed by atoms with Gasteiger partial charge in [0.15, 0.2) is 0 Å². The monoisotopic (exact) mass is 372 g/mol. The maximum atomic E-state index is 12.5. The molecule has 25 heavy (non-hydrogen) atoms. The van der Waals surface area contributed by atoms with E-state index in [0.29, 0.717) is 23.0 Å². The first kappa shape index (κ1) is 18.4. The summed E-state index contributed by atoms with van der Waals surface area (Å²) in [6.07, 6.45) is 0.578. The molecule has 10 nitrogen and oxygen atoms in total. The second kappa shape index (κ2) is 6.38. The van der Waals surface area contributed by atoms with Gasteiger partial charge in [0.05, 0.1) is 17.7 Å². The van der Waals surface area contributed by atoms with E-state index in [2.05, 4.69) is 15.5 Å². The summed E-state index contributed by atoms with van der Waals surface area (Å²) in [6, 6.07) is -0.932. The number of carbonyl (C=O) groups excluding carboxylic acids is 3. The first-order chi connectivity index (χ1) is 11.4. The number of likely N-dealkylation sites (tertiary alicyclic amines) is 1. The minimum absolute atomic E-state index is 0. The number of tetrazole rings is 1. The number of aliphatic carboxylic acids is 1. The number of hydrogen-bond acceptors (Lipinski definition) is 8. The van der Waals surface area contributed by atoms with Crippen molar-refractivity contribution in [2.75, 3.05) is 6.54 Å². The molecule has 3 aliphatic rings. The molecule has 0 aliphatic carbocycles. The molecule has 2 amide bonds. The van der Waals surface area contributed by atoms with Gasteiger partial charge in [-0.1, -0.05) is 11.8 Å². The fourth-order valence-corrected chi connectivity index (χ4v) is 4.85. The molecule has 4 rings (SSSR count). The number of aromatic nitrogens is 4. The molecular formula is C13H13N6NaO4S. The Morgan fingerprint density at radius 3 is 2.64 bits per heavy atom. The van der Waals surface area contributed by atoms with Crippen LogP contribution < -0.4 is 34.7 Å². The molecule has 1 aromatic heterocycles. The Morgan fingerprint density at radius 1 is 1.36 bits per heavy atom. The molecule has 0 spiro atoms. The number of carbonyl (C=O) groups is 3. The van der Waals surface area contributed by atoms with E-state index in [1.807, 2.05) is 0 Å². The van der Waals surface area contributed by atoms with Crippen LogP contribution in [0.25, 0.3) is 0 Å². The van der Waals surface area contributed by atoms with Gasteiger partial charge in [-0.15, -0.1) is 5.10 Å². The molecule has 126 valence electrons. The number of thioether (sulfide) groups is 1. The van der Waals surface area contributed by atoms with Gasteiger partial charge in [0.1, 0.15) is 6.04 Å². The van der Waals surface area contributed by atoms with Gasteiger partial charge in [-0.25, -0.2) is 4.68 Å². The van der Waals surface area contributed by atoms with Gasteiger partial charge in [0, 0.05) is 31.3 Å². The van der Waals surface area contributed by atoms with Crippen LogP contribution in [0, 0.1) is 5.92 Å². The quantitative estimate of drug-likeness (QED) is 0.381. The zero-order valence-electron chi connectivity index (χ0n) is 13.9. The van der Waals surface area contributed by atoms with Gasteiger partial charge in [-0.05, 0) is 16.8 Å². The predicted octanol–water partition coefficient (Wildman–Crippen LogP) is -5.27. The molecule has 2 fully saturated rings. The van der Waals surface area contributed by atoms with Crippen molar-refractivity contribution in [1.82, 2.24) is 30.0 Å². The van der Waals surface area contributed by atoms with E-state index >= 15 is 0 Å². The molecule has 0 aromatic carbocycles. The van der Waals surface area contributed by atoms with Gasteiger partial charge in [-0.3, -0.25) is 9.59 Å². The summed E-state index contributed by atoms with van der Waals surface area (Å²) in [5.74, 6) is -2.10. The van der Waals surface area contributed by atoms with Crippen molar-refractivity contribution >= 4 is 29.5 Å². The molecule has 4 heterocycles. The van der Waals surface area contributed by atoms with Gasteiger partial charge in [0.25, 0.3) is 5.91 Å². The van der Waals surface area contributed by atoms with E-state index in [0.717, 1.165) is 11.8 Å². The van der Waals surface area contributed by atoms with Crippen molar-refractivity contribution in [3.8, 4) is 0 Å². The van der Waals surface area contributed by atoms with Crippen LogP contribution in [0.4, 0.5) is 0 Å². The summed E-state index contributed by atoms with van der Waals surface area (Å²) in [7, 11) is 1.65. The van der Waals surface area contributed by atoms with Gasteiger partial charge in [-0.2, -0.15) is 0 Å². The van der Waals surface area contributed by atoms with Crippen molar-refractivity contribution < 1.29 is 49.0 Å². The number of β-lactam (4-membered cyclic amide) rings is 1. The fraction of sp³-hybridized carbons (Fsp3) is 0.538. The summed E-state index contributed by atoms with van der Waals surface area (Å²) in [4.78, 5) is 39.1. The van der Waals surface area contributed by atoms with Crippen LogP contribution in [0.15, 0.2) is 15.8 Å². The number of amides is 2. The number of hydrogen-bond donors (Lipinski definition) is 0. The zero-order chi connectivity index (χ0) is 17.2. The van der Waals surface area contributed by atoms with Crippen LogP contribution in [-0.2, 0) is 21.4 Å². The van der Waals surface area contributed by atoms with E-state index in [1.165, 1.54) is 21.4 Å². The zero-order valence-corrected chi connectivity index (χ0v) is 16.7. The maximum Gasteiger partial charge on any atom is 1.00 e. The van der Waals surface area contributed by atoms with Crippen molar-refractivity contribution in [3.05, 3.63) is 10.6 Å². The molecule has 2 saturated heterocycles. The van der Waals surface area contributed by atoms with E-state index in [1.54, 1.807) is 7.05 Å². The number of carboxylic acid groups (broad SMARTS) is 1. The number of nitrogens with zero attached hydrogens (tertiary/aromatic N) is 6. The minimum atomic E-state index is -1.40. The van der Waals surface area contributed by atoms with E-state index in [4.69, 9.17) is 0 Å². The van der Waals surface area contributed by atoms with Crippen molar-refractivity contribution in [3.63, 3.8) is 0 Å². The Hall–Kier alpha value is -1.43. The third kappa shape index (κ3) is 2.52. The van der Waals surface area contributed by atoms with Crippen LogP contribution in [0.5, 0.6) is 0 Å². The Morgan fingerprint density at radius 2 is 2.08 bits per heavy atom. The van der Waals surface area contributed by atoms with Crippen LogP contribution in [-0.4, -0.2) is 66.4 Å². The molecule has 0 radical (unpaired) electrons. The number of rotatable bonds is 3. The summed E-state index contributed by atoms with van der Waals surface area (Å²) in [5, 5.41) is 23.2. The molecule has 0 bridgehead atoms. The summed E-state index contributed by atoms with van der Waals surface area (Å²) in [6.45, 7) is 1.83. The molecule has 12 heteroatoms. The molecule has 3 aliphatic heterocycles. The van der Waals surface area contributed by atoms with Crippen molar-refractivity contribution in [2.45, 2.75) is 30.6 Å². The Balaban J connectivity index is 0.00000182. The van der Waals surface area contributed by atoms with E-state index < -0.39 is 12.0 Å². The standard InChI is InChI=1S/C13H14N6O4S.Na/c1-5(20)18-4-3-6-7-8(18)11(21)19(7)9(12(22)23)10(6)24-13-14-15-16-17(13)2;/h6-8H,3-4H2,1-2H3,(H,22,23);/q;+1/p-1/t6?,7-,8+;/m1./s1. The third-order valence-corrected chi connectivity index (χ3v) is 5.98. The first-order valence-corrected chi connectivity index (χ1v) is 8.19. The topological polar surface area (TPSA) is 124 Å². The normalized spacial score (nSPS) is 27.0. The second-order valence-electron chi connectivity index (χ2n) is 5.94. The van der Waals surface area contributed by atoms with Crippen molar-refractivity contribution in [2.24, 2.45) is 13.0 Å². The van der Waals surface area contributed by atoms with Crippen LogP contribution in [0.3, 0.4) is 0 Å². The van der Waals surface area contributed by atoms with Crippen LogP contribution in [0.2, 0.25) is 0 Å². The summed E-state index contributed by atoms with van der Waals surface area (Å²) >= 11 is 1.14. The maximum absolute atomic E-state index is 12.5. The average molecular weight is 372 g/mol. The fourth-order valence-electron chi connectivity index (χ4n) is 3.72. The average Bonchev–Trinajstić information content (AvgIpc) is 3.07.